The zero-order valence-electron chi connectivity index (χ0n) is 13.8. The van der Waals surface area contributed by atoms with Crippen LogP contribution >= 0.6 is 0 Å². The minimum absolute atomic E-state index is 0.140. The third-order valence-corrected chi connectivity index (χ3v) is 3.94. The summed E-state index contributed by atoms with van der Waals surface area (Å²) in [6, 6.07) is -0.193. The van der Waals surface area contributed by atoms with Crippen molar-refractivity contribution in [3.8, 4) is 5.88 Å². The molecule has 0 spiro atoms. The van der Waals surface area contributed by atoms with E-state index in [-0.39, 0.29) is 11.9 Å². The van der Waals surface area contributed by atoms with E-state index >= 15 is 0 Å². The van der Waals surface area contributed by atoms with Crippen molar-refractivity contribution in [3.63, 3.8) is 0 Å². The summed E-state index contributed by atoms with van der Waals surface area (Å²) in [5.41, 5.74) is 0. The number of nitrogens with zero attached hydrogens (tertiary/aromatic N) is 4. The van der Waals surface area contributed by atoms with Crippen LogP contribution in [-0.4, -0.2) is 66.0 Å². The van der Waals surface area contributed by atoms with Crippen LogP contribution in [0.5, 0.6) is 5.88 Å². The maximum Gasteiger partial charge on any atom is 0.323 e. The van der Waals surface area contributed by atoms with Crippen molar-refractivity contribution < 1.29 is 14.3 Å². The predicted octanol–water partition coefficient (Wildman–Crippen LogP) is 1.21. The third-order valence-electron chi connectivity index (χ3n) is 3.94. The molecule has 0 unspecified atom stereocenters. The summed E-state index contributed by atoms with van der Waals surface area (Å²) in [7, 11) is 5.04. The molecule has 1 saturated heterocycles. The highest BCUT2D eigenvalue weighted by Crippen LogP contribution is 2.21. The Hall–Kier alpha value is -2.38. The van der Waals surface area contributed by atoms with Gasteiger partial charge in [0.25, 0.3) is 0 Å². The van der Waals surface area contributed by atoms with Crippen molar-refractivity contribution in [2.75, 3.05) is 39.6 Å². The molecule has 8 heteroatoms. The summed E-state index contributed by atoms with van der Waals surface area (Å²) in [6.07, 6.45) is 5.13. The van der Waals surface area contributed by atoms with Crippen LogP contribution < -0.4 is 10.1 Å². The third kappa shape index (κ3) is 4.80. The number of aromatic nitrogens is 2. The Labute approximate surface area is 135 Å². The van der Waals surface area contributed by atoms with E-state index in [1.54, 1.807) is 23.9 Å². The molecule has 0 radical (unpaired) electrons. The van der Waals surface area contributed by atoms with Crippen molar-refractivity contribution in [3.05, 3.63) is 12.4 Å². The number of likely N-dealkylation sites (tertiary alicyclic amines) is 1. The lowest BCUT2D eigenvalue weighted by molar-refractivity contribution is -0.129. The Morgan fingerprint density at radius 2 is 2.00 bits per heavy atom. The molecule has 1 aromatic rings. The van der Waals surface area contributed by atoms with Gasteiger partial charge in [0.15, 0.2) is 5.82 Å². The standard InChI is InChI=1S/C15H23N5O3/c1-19(2)14(21)8-11-4-6-20(7-5-11)15(22)18-12-9-17-13(23-3)10-16-12/h9-11H,4-8H2,1-3H3,(H,16,18,22). The number of methoxy groups -OCH3 is 1. The molecule has 0 saturated carbocycles. The quantitative estimate of drug-likeness (QED) is 0.900. The first kappa shape index (κ1) is 17.0. The number of urea groups is 1. The van der Waals surface area contributed by atoms with Crippen molar-refractivity contribution in [2.24, 2.45) is 5.92 Å². The highest BCUT2D eigenvalue weighted by molar-refractivity contribution is 5.88. The smallest absolute Gasteiger partial charge is 0.323 e. The molecule has 1 N–H and O–H groups in total. The van der Waals surface area contributed by atoms with Crippen molar-refractivity contribution in [2.45, 2.75) is 19.3 Å². The average molecular weight is 321 g/mol. The number of anilines is 1. The van der Waals surface area contributed by atoms with Crippen molar-refractivity contribution >= 4 is 17.8 Å². The Morgan fingerprint density at radius 3 is 2.52 bits per heavy atom. The van der Waals surface area contributed by atoms with Gasteiger partial charge in [-0.3, -0.25) is 10.1 Å². The first-order chi connectivity index (χ1) is 11.0. The zero-order valence-corrected chi connectivity index (χ0v) is 13.8. The van der Waals surface area contributed by atoms with Crippen LogP contribution in [0.3, 0.4) is 0 Å². The molecule has 23 heavy (non-hydrogen) atoms. The number of rotatable bonds is 4. The number of piperidine rings is 1. The minimum Gasteiger partial charge on any atom is -0.480 e. The normalized spacial score (nSPS) is 15.2. The zero-order chi connectivity index (χ0) is 16.8. The Balaban J connectivity index is 1.80. The monoisotopic (exact) mass is 321 g/mol. The van der Waals surface area contributed by atoms with Gasteiger partial charge in [-0.15, -0.1) is 0 Å². The summed E-state index contributed by atoms with van der Waals surface area (Å²) in [5.74, 6) is 1.27. The van der Waals surface area contributed by atoms with E-state index in [1.165, 1.54) is 19.5 Å². The topological polar surface area (TPSA) is 87.7 Å². The van der Waals surface area contributed by atoms with Gasteiger partial charge >= 0.3 is 6.03 Å². The summed E-state index contributed by atoms with van der Waals surface area (Å²) in [4.78, 5) is 35.3. The SMILES string of the molecule is COc1cnc(NC(=O)N2CCC(CC(=O)N(C)C)CC2)cn1. The number of hydrogen-bond donors (Lipinski definition) is 1. The molecular formula is C15H23N5O3. The van der Waals surface area contributed by atoms with E-state index in [0.29, 0.717) is 37.1 Å². The number of hydrogen-bond acceptors (Lipinski definition) is 5. The van der Waals surface area contributed by atoms with Gasteiger partial charge in [-0.2, -0.15) is 0 Å². The molecule has 1 aliphatic rings. The van der Waals surface area contributed by atoms with Gasteiger partial charge in [-0.05, 0) is 18.8 Å². The van der Waals surface area contributed by atoms with E-state index in [9.17, 15) is 9.59 Å². The Morgan fingerprint density at radius 1 is 1.30 bits per heavy atom. The molecule has 8 nitrogen and oxygen atoms in total. The molecule has 2 rings (SSSR count). The lowest BCUT2D eigenvalue weighted by Gasteiger charge is -2.32. The van der Waals surface area contributed by atoms with Gasteiger partial charge in [0, 0.05) is 33.6 Å². The van der Waals surface area contributed by atoms with Gasteiger partial charge in [0.05, 0.1) is 19.5 Å². The largest absolute Gasteiger partial charge is 0.480 e. The number of ether oxygens (including phenoxy) is 1. The van der Waals surface area contributed by atoms with Gasteiger partial charge < -0.3 is 14.5 Å². The van der Waals surface area contributed by atoms with Crippen LogP contribution in [0.1, 0.15) is 19.3 Å². The second-order valence-electron chi connectivity index (χ2n) is 5.80. The van der Waals surface area contributed by atoms with Crippen LogP contribution in [0.25, 0.3) is 0 Å². The fraction of sp³-hybridized carbons (Fsp3) is 0.600. The molecular weight excluding hydrogens is 298 g/mol. The highest BCUT2D eigenvalue weighted by Gasteiger charge is 2.25. The van der Waals surface area contributed by atoms with E-state index in [0.717, 1.165) is 12.8 Å². The minimum atomic E-state index is -0.193. The number of carbonyl (C=O) groups excluding carboxylic acids is 2. The molecule has 0 aromatic carbocycles. The molecule has 1 aliphatic heterocycles. The molecule has 0 aliphatic carbocycles. The van der Waals surface area contributed by atoms with Crippen LogP contribution in [0.2, 0.25) is 0 Å². The first-order valence-corrected chi connectivity index (χ1v) is 7.61. The molecule has 2 heterocycles. The molecule has 1 aromatic heterocycles. The second-order valence-corrected chi connectivity index (χ2v) is 5.80. The van der Waals surface area contributed by atoms with E-state index in [2.05, 4.69) is 15.3 Å². The van der Waals surface area contributed by atoms with Crippen molar-refractivity contribution in [1.29, 1.82) is 0 Å². The lowest BCUT2D eigenvalue weighted by atomic mass is 9.93. The van der Waals surface area contributed by atoms with Gasteiger partial charge in [-0.25, -0.2) is 14.8 Å². The average Bonchev–Trinajstić information content (AvgIpc) is 2.56. The van der Waals surface area contributed by atoms with E-state index < -0.39 is 0 Å². The number of nitrogens with one attached hydrogen (secondary N) is 1. The number of amides is 3. The van der Waals surface area contributed by atoms with Gasteiger partial charge in [0.1, 0.15) is 0 Å². The second kappa shape index (κ2) is 7.75. The molecule has 3 amide bonds. The van der Waals surface area contributed by atoms with E-state index in [4.69, 9.17) is 4.74 Å². The number of carbonyl (C=O) groups is 2. The highest BCUT2D eigenvalue weighted by atomic mass is 16.5. The Kier molecular flexibility index (Phi) is 5.72. The maximum atomic E-state index is 12.2. The Bertz CT molecular complexity index is 539. The van der Waals surface area contributed by atoms with Gasteiger partial charge in [-0.1, -0.05) is 0 Å². The van der Waals surface area contributed by atoms with E-state index in [1.807, 2.05) is 0 Å². The summed E-state index contributed by atoms with van der Waals surface area (Å²) < 4.78 is 4.92. The summed E-state index contributed by atoms with van der Waals surface area (Å²) >= 11 is 0. The molecule has 1 fully saturated rings. The summed E-state index contributed by atoms with van der Waals surface area (Å²) in [6.45, 7) is 1.28. The molecule has 0 atom stereocenters. The fourth-order valence-electron chi connectivity index (χ4n) is 2.44. The van der Waals surface area contributed by atoms with Crippen molar-refractivity contribution in [1.82, 2.24) is 19.8 Å². The lowest BCUT2D eigenvalue weighted by Crippen LogP contribution is -2.42. The maximum absolute atomic E-state index is 12.2. The van der Waals surface area contributed by atoms with Gasteiger partial charge in [0.2, 0.25) is 11.8 Å². The van der Waals surface area contributed by atoms with Crippen LogP contribution in [0, 0.1) is 5.92 Å². The summed E-state index contributed by atoms with van der Waals surface area (Å²) in [5, 5.41) is 2.72. The molecule has 126 valence electrons. The van der Waals surface area contributed by atoms with Crippen LogP contribution in [0.15, 0.2) is 12.4 Å². The molecule has 0 bridgehead atoms. The fourth-order valence-corrected chi connectivity index (χ4v) is 2.44. The predicted molar refractivity (Wildman–Crippen MR) is 85.2 cm³/mol. The van der Waals surface area contributed by atoms with Crippen LogP contribution in [0.4, 0.5) is 10.6 Å². The first-order valence-electron chi connectivity index (χ1n) is 7.61. The van der Waals surface area contributed by atoms with Crippen LogP contribution in [-0.2, 0) is 4.79 Å².